The highest BCUT2D eigenvalue weighted by atomic mass is 35.5. The lowest BCUT2D eigenvalue weighted by molar-refractivity contribution is 0.0783. The summed E-state index contributed by atoms with van der Waals surface area (Å²) in [5, 5.41) is 4.05. The number of halogens is 2. The van der Waals surface area contributed by atoms with Crippen molar-refractivity contribution in [2.45, 2.75) is 20.4 Å². The first-order valence-electron chi connectivity index (χ1n) is 8.80. The normalized spacial score (nSPS) is 10.8. The Morgan fingerprint density at radius 3 is 2.71 bits per heavy atom. The van der Waals surface area contributed by atoms with E-state index in [4.69, 9.17) is 20.9 Å². The van der Waals surface area contributed by atoms with Gasteiger partial charge in [-0.05, 0) is 32.0 Å². The van der Waals surface area contributed by atoms with Gasteiger partial charge < -0.3 is 14.2 Å². The Morgan fingerprint density at radius 1 is 1.25 bits per heavy atom. The van der Waals surface area contributed by atoms with Crippen molar-refractivity contribution in [3.05, 3.63) is 70.2 Å². The Balaban J connectivity index is 1.95. The van der Waals surface area contributed by atoms with Crippen LogP contribution in [0, 0.1) is 12.7 Å². The van der Waals surface area contributed by atoms with Gasteiger partial charge in [0.2, 0.25) is 0 Å². The maximum absolute atomic E-state index is 14.4. The molecule has 7 heteroatoms. The minimum Gasteiger partial charge on any atom is -0.494 e. The molecule has 0 aliphatic heterocycles. The molecule has 0 saturated carbocycles. The van der Waals surface area contributed by atoms with Crippen molar-refractivity contribution in [3.8, 4) is 17.0 Å². The Bertz CT molecular complexity index is 983. The van der Waals surface area contributed by atoms with E-state index in [2.05, 4.69) is 5.16 Å². The zero-order valence-corrected chi connectivity index (χ0v) is 16.6. The van der Waals surface area contributed by atoms with Crippen LogP contribution < -0.4 is 4.74 Å². The summed E-state index contributed by atoms with van der Waals surface area (Å²) in [6, 6.07) is 11.8. The van der Waals surface area contributed by atoms with E-state index in [1.54, 1.807) is 20.0 Å². The fourth-order valence-corrected chi connectivity index (χ4v) is 3.22. The number of aromatic nitrogens is 1. The van der Waals surface area contributed by atoms with E-state index < -0.39 is 5.82 Å². The molecule has 0 radical (unpaired) electrons. The van der Waals surface area contributed by atoms with Crippen LogP contribution >= 0.6 is 11.6 Å². The van der Waals surface area contributed by atoms with Gasteiger partial charge in [0.15, 0.2) is 0 Å². The Hall–Kier alpha value is -2.86. The second-order valence-corrected chi connectivity index (χ2v) is 6.67. The number of rotatable bonds is 6. The van der Waals surface area contributed by atoms with E-state index >= 15 is 0 Å². The van der Waals surface area contributed by atoms with Gasteiger partial charge in [0, 0.05) is 19.2 Å². The fourth-order valence-electron chi connectivity index (χ4n) is 2.97. The lowest BCUT2D eigenvalue weighted by atomic mass is 10.0. The van der Waals surface area contributed by atoms with Gasteiger partial charge >= 0.3 is 0 Å². The average Bonchev–Trinajstić information content (AvgIpc) is 3.04. The predicted molar refractivity (Wildman–Crippen MR) is 105 cm³/mol. The molecule has 1 aromatic heterocycles. The van der Waals surface area contributed by atoms with Crippen LogP contribution in [-0.4, -0.2) is 29.6 Å². The standard InChI is InChI=1S/C21H20ClFN2O3/c1-4-27-17-11-6-5-8-14(17)12-25(3)21(26)18-13(2)28-24-20(18)19-15(22)9-7-10-16(19)23/h5-11H,4,12H2,1-3H3. The largest absolute Gasteiger partial charge is 0.494 e. The maximum atomic E-state index is 14.4. The predicted octanol–water partition coefficient (Wildman–Crippen LogP) is 5.11. The van der Waals surface area contributed by atoms with Gasteiger partial charge in [0.05, 0.1) is 17.2 Å². The molecule has 0 saturated heterocycles. The minimum absolute atomic E-state index is 0.0486. The molecule has 0 atom stereocenters. The van der Waals surface area contributed by atoms with Gasteiger partial charge in [0.25, 0.3) is 5.91 Å². The molecule has 0 unspecified atom stereocenters. The summed E-state index contributed by atoms with van der Waals surface area (Å²) in [6.45, 7) is 4.34. The number of ether oxygens (including phenoxy) is 1. The Labute approximate surface area is 167 Å². The second kappa shape index (κ2) is 8.44. The number of carbonyl (C=O) groups excluding carboxylic acids is 1. The van der Waals surface area contributed by atoms with Crippen molar-refractivity contribution >= 4 is 17.5 Å². The lowest BCUT2D eigenvalue weighted by Gasteiger charge is -2.19. The fraction of sp³-hybridized carbons (Fsp3) is 0.238. The maximum Gasteiger partial charge on any atom is 0.259 e. The quantitative estimate of drug-likeness (QED) is 0.574. The number of hydrogen-bond acceptors (Lipinski definition) is 4. The Morgan fingerprint density at radius 2 is 2.00 bits per heavy atom. The molecular formula is C21H20ClFN2O3. The third-order valence-electron chi connectivity index (χ3n) is 4.30. The zero-order chi connectivity index (χ0) is 20.3. The molecule has 0 N–H and O–H groups in total. The molecule has 28 heavy (non-hydrogen) atoms. The highest BCUT2D eigenvalue weighted by molar-refractivity contribution is 6.33. The number of amides is 1. The van der Waals surface area contributed by atoms with Gasteiger partial charge in [-0.15, -0.1) is 0 Å². The first kappa shape index (κ1) is 19.9. The van der Waals surface area contributed by atoms with Crippen LogP contribution in [0.1, 0.15) is 28.6 Å². The molecule has 0 spiro atoms. The monoisotopic (exact) mass is 402 g/mol. The van der Waals surface area contributed by atoms with Crippen LogP contribution in [0.15, 0.2) is 47.0 Å². The minimum atomic E-state index is -0.570. The topological polar surface area (TPSA) is 55.6 Å². The molecule has 146 valence electrons. The average molecular weight is 403 g/mol. The van der Waals surface area contributed by atoms with Crippen molar-refractivity contribution in [2.75, 3.05) is 13.7 Å². The molecule has 0 bridgehead atoms. The Kier molecular flexibility index (Phi) is 5.99. The SMILES string of the molecule is CCOc1ccccc1CN(C)C(=O)c1c(-c2c(F)cccc2Cl)noc1C. The van der Waals surface area contributed by atoms with Crippen molar-refractivity contribution < 1.29 is 18.4 Å². The number of nitrogens with zero attached hydrogens (tertiary/aromatic N) is 2. The second-order valence-electron chi connectivity index (χ2n) is 6.26. The van der Waals surface area contributed by atoms with E-state index in [-0.39, 0.29) is 27.8 Å². The zero-order valence-electron chi connectivity index (χ0n) is 15.8. The van der Waals surface area contributed by atoms with Gasteiger partial charge in [-0.2, -0.15) is 0 Å². The number of para-hydroxylation sites is 1. The van der Waals surface area contributed by atoms with E-state index in [1.165, 1.54) is 17.0 Å². The van der Waals surface area contributed by atoms with Gasteiger partial charge in [-0.3, -0.25) is 4.79 Å². The summed E-state index contributed by atoms with van der Waals surface area (Å²) in [4.78, 5) is 14.6. The number of benzene rings is 2. The summed E-state index contributed by atoms with van der Waals surface area (Å²) >= 11 is 6.15. The van der Waals surface area contributed by atoms with Crippen LogP contribution in [0.3, 0.4) is 0 Å². The van der Waals surface area contributed by atoms with Crippen LogP contribution in [0.5, 0.6) is 5.75 Å². The van der Waals surface area contributed by atoms with Crippen molar-refractivity contribution in [1.82, 2.24) is 10.1 Å². The van der Waals surface area contributed by atoms with E-state index in [1.807, 2.05) is 31.2 Å². The summed E-state index contributed by atoms with van der Waals surface area (Å²) < 4.78 is 25.2. The number of carbonyl (C=O) groups is 1. The highest BCUT2D eigenvalue weighted by Gasteiger charge is 2.27. The van der Waals surface area contributed by atoms with Crippen molar-refractivity contribution in [1.29, 1.82) is 0 Å². The molecule has 0 aliphatic carbocycles. The van der Waals surface area contributed by atoms with Crippen LogP contribution in [0.25, 0.3) is 11.3 Å². The van der Waals surface area contributed by atoms with E-state index in [0.717, 1.165) is 5.56 Å². The van der Waals surface area contributed by atoms with Gasteiger partial charge in [-0.1, -0.05) is 41.0 Å². The molecular weight excluding hydrogens is 383 g/mol. The van der Waals surface area contributed by atoms with E-state index in [0.29, 0.717) is 24.7 Å². The molecule has 1 heterocycles. The molecule has 1 amide bonds. The number of aryl methyl sites for hydroxylation is 1. The van der Waals surface area contributed by atoms with E-state index in [9.17, 15) is 9.18 Å². The summed E-state index contributed by atoms with van der Waals surface area (Å²) in [5.41, 5.74) is 1.19. The van der Waals surface area contributed by atoms with Crippen molar-refractivity contribution in [3.63, 3.8) is 0 Å². The third kappa shape index (κ3) is 3.87. The smallest absolute Gasteiger partial charge is 0.259 e. The first-order chi connectivity index (χ1) is 13.4. The van der Waals surface area contributed by atoms with Gasteiger partial charge in [0.1, 0.15) is 28.6 Å². The summed E-state index contributed by atoms with van der Waals surface area (Å²) in [6.07, 6.45) is 0. The molecule has 2 aromatic carbocycles. The van der Waals surface area contributed by atoms with Crippen LogP contribution in [0.2, 0.25) is 5.02 Å². The third-order valence-corrected chi connectivity index (χ3v) is 4.62. The first-order valence-corrected chi connectivity index (χ1v) is 9.18. The van der Waals surface area contributed by atoms with Crippen LogP contribution in [0.4, 0.5) is 4.39 Å². The molecule has 5 nitrogen and oxygen atoms in total. The summed E-state index contributed by atoms with van der Waals surface area (Å²) in [5.74, 6) is 0.0897. The van der Waals surface area contributed by atoms with Crippen molar-refractivity contribution in [2.24, 2.45) is 0 Å². The molecule has 3 rings (SSSR count). The molecule has 0 aliphatic rings. The number of hydrogen-bond donors (Lipinski definition) is 0. The highest BCUT2D eigenvalue weighted by Crippen LogP contribution is 2.34. The summed E-state index contributed by atoms with van der Waals surface area (Å²) in [7, 11) is 1.66. The van der Waals surface area contributed by atoms with Crippen LogP contribution in [-0.2, 0) is 6.54 Å². The lowest BCUT2D eigenvalue weighted by Crippen LogP contribution is -2.27. The molecule has 3 aromatic rings. The molecule has 0 fully saturated rings. The van der Waals surface area contributed by atoms with Gasteiger partial charge in [-0.25, -0.2) is 4.39 Å².